The molecule has 2 saturated carbocycles. The molecule has 0 radical (unpaired) electrons. The van der Waals surface area contributed by atoms with E-state index in [0.29, 0.717) is 103 Å². The molecule has 14 rings (SSSR count). The van der Waals surface area contributed by atoms with Crippen LogP contribution in [0.5, 0.6) is 0 Å². The minimum absolute atomic E-state index is 0.00531. The summed E-state index contributed by atoms with van der Waals surface area (Å²) in [5.74, 6) is -0.274. The second-order valence-electron chi connectivity index (χ2n) is 25.1. The summed E-state index contributed by atoms with van der Waals surface area (Å²) < 4.78 is 39.5. The van der Waals surface area contributed by atoms with E-state index in [0.717, 1.165) is 94.5 Å². The van der Waals surface area contributed by atoms with E-state index < -0.39 is 35.1 Å². The van der Waals surface area contributed by atoms with E-state index in [1.807, 2.05) is 6.92 Å². The molecule has 414 valence electrons. The Balaban J connectivity index is 0.949. The van der Waals surface area contributed by atoms with Gasteiger partial charge in [-0.3, -0.25) is 29.3 Å². The molecule has 9 fully saturated rings. The van der Waals surface area contributed by atoms with Crippen molar-refractivity contribution in [3.8, 4) is 22.5 Å². The lowest BCUT2D eigenvalue weighted by atomic mass is 9.72. The van der Waals surface area contributed by atoms with Crippen molar-refractivity contribution >= 4 is 40.0 Å². The molecule has 4 aromatic rings. The molecule has 2 aliphatic carbocycles. The fourth-order valence-electron chi connectivity index (χ4n) is 14.1. The molecule has 5 atom stereocenters. The summed E-state index contributed by atoms with van der Waals surface area (Å²) in [6.45, 7) is 16.4. The predicted molar refractivity (Wildman–Crippen MR) is 290 cm³/mol. The van der Waals surface area contributed by atoms with E-state index in [1.165, 1.54) is 29.7 Å². The maximum atomic E-state index is 15.4. The number of likely N-dealkylation sites (tertiary alicyclic amines) is 2. The first-order valence-electron chi connectivity index (χ1n) is 28.9. The van der Waals surface area contributed by atoms with Gasteiger partial charge in [-0.2, -0.15) is 0 Å². The number of fused-ring (bicyclic) bond motifs is 7. The maximum Gasteiger partial charge on any atom is 0.324 e. The molecule has 10 aliphatic rings. The van der Waals surface area contributed by atoms with Crippen LogP contribution in [0, 0.1) is 16.7 Å². The molecule has 1 spiro atoms. The van der Waals surface area contributed by atoms with Gasteiger partial charge in [0, 0.05) is 97.0 Å². The molecule has 1 aromatic carbocycles. The van der Waals surface area contributed by atoms with Crippen LogP contribution in [0.3, 0.4) is 0 Å². The van der Waals surface area contributed by atoms with E-state index in [9.17, 15) is 9.59 Å². The molecule has 11 heterocycles. The number of benzene rings is 1. The molecule has 18 heteroatoms. The molecule has 1 unspecified atom stereocenters. The summed E-state index contributed by atoms with van der Waals surface area (Å²) >= 11 is 1.52. The fraction of sp³-hybridized carbons (Fsp3) is 0.678. The van der Waals surface area contributed by atoms with Gasteiger partial charge in [0.15, 0.2) is 0 Å². The van der Waals surface area contributed by atoms with Crippen LogP contribution in [0.25, 0.3) is 33.4 Å². The summed E-state index contributed by atoms with van der Waals surface area (Å²) in [5, 5.41) is 8.77. The Hall–Kier alpha value is -4.37. The molecular weight excluding hydrogens is 997 g/mol. The third kappa shape index (κ3) is 9.86. The molecular formula is C59H78N8O9S. The Kier molecular flexibility index (Phi) is 13.9. The highest BCUT2D eigenvalue weighted by atomic mass is 32.1. The number of pyridine rings is 1. The van der Waals surface area contributed by atoms with Crippen molar-refractivity contribution in [1.82, 2.24) is 40.1 Å². The first-order chi connectivity index (χ1) is 37.3. The average molecular weight is 1080 g/mol. The van der Waals surface area contributed by atoms with Crippen molar-refractivity contribution in [3.63, 3.8) is 0 Å². The van der Waals surface area contributed by atoms with Gasteiger partial charge in [-0.05, 0) is 139 Å². The highest BCUT2D eigenvalue weighted by Gasteiger charge is 2.62. The van der Waals surface area contributed by atoms with Gasteiger partial charge < -0.3 is 43.2 Å². The van der Waals surface area contributed by atoms with Gasteiger partial charge in [0.25, 0.3) is 11.8 Å². The SMILES string of the molecule is CO[C@@H](C)c1ncc(C2CCN(C3CC3)CC2)cc1-c1c2c3cc(ccc3n1CCOC1CCOCC1)-c1csc(n1)[C@@H](N1CC3(COC3)C1)[C@H](NC(=O)C13CC(C1)C(C)O3)C(=O)N1CCC[C@H](N1)C(=O)OCC(C)(C)C2. The molecule has 3 aromatic heterocycles. The second-order valence-corrected chi connectivity index (χ2v) is 26.0. The molecule has 17 nitrogen and oxygen atoms in total. The zero-order chi connectivity index (χ0) is 52.8. The average Bonchev–Trinajstić information content (AvgIpc) is 3.82. The van der Waals surface area contributed by atoms with E-state index in [4.69, 9.17) is 38.4 Å². The van der Waals surface area contributed by atoms with Crippen LogP contribution in [0.1, 0.15) is 132 Å². The van der Waals surface area contributed by atoms with Crippen molar-refractivity contribution in [3.05, 3.63) is 57.7 Å². The van der Waals surface area contributed by atoms with Gasteiger partial charge >= 0.3 is 5.97 Å². The highest BCUT2D eigenvalue weighted by molar-refractivity contribution is 7.10. The van der Waals surface area contributed by atoms with E-state index >= 15 is 4.79 Å². The van der Waals surface area contributed by atoms with Gasteiger partial charge in [0.1, 0.15) is 22.7 Å². The van der Waals surface area contributed by atoms with Crippen LogP contribution in [0.4, 0.5) is 0 Å². The summed E-state index contributed by atoms with van der Waals surface area (Å²) in [5.41, 5.74) is 10.0. The fourth-order valence-corrected chi connectivity index (χ4v) is 15.1. The molecule has 8 aliphatic heterocycles. The number of rotatable bonds is 12. The Bertz CT molecular complexity index is 2870. The first-order valence-corrected chi connectivity index (χ1v) is 29.8. The Morgan fingerprint density at radius 1 is 0.974 bits per heavy atom. The van der Waals surface area contributed by atoms with Crippen LogP contribution in [-0.4, -0.2) is 163 Å². The summed E-state index contributed by atoms with van der Waals surface area (Å²) in [6.07, 6.45) is 11.4. The topological polar surface area (TPSA) is 171 Å². The number of hydrogen-bond acceptors (Lipinski definition) is 15. The summed E-state index contributed by atoms with van der Waals surface area (Å²) in [7, 11) is 1.76. The number of nitrogens with one attached hydrogen (secondary N) is 2. The maximum absolute atomic E-state index is 15.4. The van der Waals surface area contributed by atoms with Gasteiger partial charge in [0.2, 0.25) is 0 Å². The number of ether oxygens (including phenoxy) is 6. The van der Waals surface area contributed by atoms with Gasteiger partial charge in [-0.1, -0.05) is 19.9 Å². The van der Waals surface area contributed by atoms with Gasteiger partial charge in [0.05, 0.1) is 67.9 Å². The van der Waals surface area contributed by atoms with Gasteiger partial charge in [-0.25, -0.2) is 10.4 Å². The van der Waals surface area contributed by atoms with Crippen molar-refractivity contribution in [2.24, 2.45) is 16.7 Å². The number of aromatic nitrogens is 3. The minimum Gasteiger partial charge on any atom is -0.464 e. The number of methoxy groups -OCH3 is 1. The van der Waals surface area contributed by atoms with Crippen LogP contribution < -0.4 is 10.7 Å². The lowest BCUT2D eigenvalue weighted by molar-refractivity contribution is -0.203. The number of thiazole rings is 1. The highest BCUT2D eigenvalue weighted by Crippen LogP contribution is 2.53. The number of carbonyl (C=O) groups excluding carboxylic acids is 3. The monoisotopic (exact) mass is 1070 g/mol. The first kappa shape index (κ1) is 52.0. The Labute approximate surface area is 456 Å². The van der Waals surface area contributed by atoms with Crippen LogP contribution in [0.15, 0.2) is 35.8 Å². The Morgan fingerprint density at radius 3 is 2.48 bits per heavy atom. The van der Waals surface area contributed by atoms with Crippen molar-refractivity contribution in [2.45, 2.75) is 159 Å². The number of piperidine rings is 1. The van der Waals surface area contributed by atoms with Crippen LogP contribution in [-0.2, 0) is 55.8 Å². The summed E-state index contributed by atoms with van der Waals surface area (Å²) in [6, 6.07) is 7.47. The van der Waals surface area contributed by atoms with E-state index in [-0.39, 0.29) is 42.1 Å². The molecule has 2 amide bonds. The van der Waals surface area contributed by atoms with Crippen LogP contribution >= 0.6 is 11.3 Å². The van der Waals surface area contributed by atoms with Crippen molar-refractivity contribution in [1.29, 1.82) is 0 Å². The van der Waals surface area contributed by atoms with Crippen molar-refractivity contribution < 1.29 is 42.8 Å². The number of amides is 2. The standard InChI is InChI=1S/C59H78N8O9S/c1-35-40-25-59(26-40,76-35)56(70)62-50-52(65-30-58(31-65)33-73-34-58)53-61-47(29-77-53)38-8-11-48-43(23-38)45(27-57(3,4)32-75-55(69)46-7-6-16-67(63-46)54(50)68)51(66(48)19-22-74-42-14-20-72-21-15-42)44-24-39(28-60-49(44)36(2)71-5)37-12-17-64(18-13-37)41-9-10-41/h8,11,23-24,28-29,35-37,40-42,46,50,52,63H,6-7,9-10,12-22,25-27,30-34H2,1-5H3,(H,62,70)/t35?,36-,40?,46-,50-,52-,59?/m0/s1. The van der Waals surface area contributed by atoms with E-state index in [2.05, 4.69) is 81.7 Å². The largest absolute Gasteiger partial charge is 0.464 e. The number of cyclic esters (lactones) is 1. The van der Waals surface area contributed by atoms with Crippen LogP contribution in [0.2, 0.25) is 0 Å². The zero-order valence-corrected chi connectivity index (χ0v) is 46.5. The molecule has 7 saturated heterocycles. The number of hydrazine groups is 1. The third-order valence-corrected chi connectivity index (χ3v) is 19.8. The normalized spacial score (nSPS) is 30.4. The molecule has 8 bridgehead atoms. The molecule has 77 heavy (non-hydrogen) atoms. The minimum atomic E-state index is -1.03. The third-order valence-electron chi connectivity index (χ3n) is 18.9. The summed E-state index contributed by atoms with van der Waals surface area (Å²) in [4.78, 5) is 60.2. The van der Waals surface area contributed by atoms with Crippen molar-refractivity contribution in [2.75, 3.05) is 79.5 Å². The zero-order valence-electron chi connectivity index (χ0n) is 45.7. The predicted octanol–water partition coefficient (Wildman–Crippen LogP) is 7.12. The molecule has 2 N–H and O–H groups in total. The smallest absolute Gasteiger partial charge is 0.324 e. The lowest BCUT2D eigenvalue weighted by Crippen LogP contribution is -2.70. The quantitative estimate of drug-likeness (QED) is 0.138. The number of hydrogen-bond donors (Lipinski definition) is 2. The van der Waals surface area contributed by atoms with Gasteiger partial charge in [-0.15, -0.1) is 11.3 Å². The number of carbonyl (C=O) groups is 3. The Morgan fingerprint density at radius 2 is 1.77 bits per heavy atom. The second kappa shape index (κ2) is 20.6. The van der Waals surface area contributed by atoms with E-state index in [1.54, 1.807) is 12.1 Å². The number of nitrogens with zero attached hydrogens (tertiary/aromatic N) is 6. The number of esters is 1. The lowest BCUT2D eigenvalue weighted by Gasteiger charge is -2.58.